The first kappa shape index (κ1) is 8.83. The molecular formula is C9H3Cl2NS. The molecule has 1 nitrogen and oxygen atoms in total. The van der Waals surface area contributed by atoms with Gasteiger partial charge in [0, 0.05) is 10.1 Å². The van der Waals surface area contributed by atoms with Gasteiger partial charge < -0.3 is 0 Å². The van der Waals surface area contributed by atoms with Gasteiger partial charge in [0.15, 0.2) is 0 Å². The number of nitriles is 1. The van der Waals surface area contributed by atoms with Crippen LogP contribution in [-0.2, 0) is 0 Å². The summed E-state index contributed by atoms with van der Waals surface area (Å²) in [7, 11) is 0. The van der Waals surface area contributed by atoms with Gasteiger partial charge in [-0.25, -0.2) is 0 Å². The Balaban J connectivity index is 2.95. The second-order valence-electron chi connectivity index (χ2n) is 2.47. The maximum atomic E-state index is 8.74. The van der Waals surface area contributed by atoms with E-state index in [2.05, 4.69) is 0 Å². The van der Waals surface area contributed by atoms with Crippen LogP contribution in [0.4, 0.5) is 0 Å². The molecule has 64 valence electrons. The van der Waals surface area contributed by atoms with Gasteiger partial charge in [0.25, 0.3) is 0 Å². The zero-order chi connectivity index (χ0) is 9.42. The van der Waals surface area contributed by atoms with Crippen molar-refractivity contribution in [1.29, 1.82) is 5.26 Å². The Morgan fingerprint density at radius 1 is 1.31 bits per heavy atom. The van der Waals surface area contributed by atoms with Crippen LogP contribution in [0, 0.1) is 11.3 Å². The molecule has 0 radical (unpaired) electrons. The Labute approximate surface area is 89.1 Å². The fraction of sp³-hybridized carbons (Fsp3) is 0. The minimum atomic E-state index is 0.466. The number of halogens is 2. The molecule has 0 amide bonds. The largest absolute Gasteiger partial charge is 0.191 e. The summed E-state index contributed by atoms with van der Waals surface area (Å²) in [5.41, 5.74) is 0. The van der Waals surface area contributed by atoms with E-state index in [1.807, 2.05) is 18.2 Å². The van der Waals surface area contributed by atoms with Crippen molar-refractivity contribution in [2.24, 2.45) is 0 Å². The lowest BCUT2D eigenvalue weighted by Crippen LogP contribution is -1.67. The normalized spacial score (nSPS) is 10.2. The van der Waals surface area contributed by atoms with E-state index >= 15 is 0 Å². The number of thiophene rings is 1. The lowest BCUT2D eigenvalue weighted by Gasteiger charge is -1.92. The minimum Gasteiger partial charge on any atom is -0.191 e. The van der Waals surface area contributed by atoms with E-state index in [1.165, 1.54) is 11.3 Å². The van der Waals surface area contributed by atoms with Crippen molar-refractivity contribution < 1.29 is 0 Å². The van der Waals surface area contributed by atoms with E-state index < -0.39 is 0 Å². The Bertz CT molecular complexity index is 510. The van der Waals surface area contributed by atoms with Crippen molar-refractivity contribution in [2.75, 3.05) is 0 Å². The molecule has 0 aliphatic heterocycles. The van der Waals surface area contributed by atoms with Crippen molar-refractivity contribution in [2.45, 2.75) is 0 Å². The zero-order valence-electron chi connectivity index (χ0n) is 6.34. The molecule has 4 heteroatoms. The number of benzene rings is 1. The molecule has 0 unspecified atom stereocenters. The van der Waals surface area contributed by atoms with E-state index in [9.17, 15) is 0 Å². The highest BCUT2D eigenvalue weighted by atomic mass is 35.5. The van der Waals surface area contributed by atoms with Crippen LogP contribution in [0.15, 0.2) is 18.2 Å². The van der Waals surface area contributed by atoms with Gasteiger partial charge in [0.2, 0.25) is 0 Å². The van der Waals surface area contributed by atoms with E-state index in [1.54, 1.807) is 6.07 Å². The lowest BCUT2D eigenvalue weighted by molar-refractivity contribution is 1.52. The van der Waals surface area contributed by atoms with Crippen LogP contribution < -0.4 is 0 Å². The average Bonchev–Trinajstić information content (AvgIpc) is 2.44. The van der Waals surface area contributed by atoms with Crippen LogP contribution in [0.3, 0.4) is 0 Å². The average molecular weight is 228 g/mol. The molecule has 0 spiro atoms. The van der Waals surface area contributed by atoms with E-state index in [4.69, 9.17) is 28.5 Å². The maximum Gasteiger partial charge on any atom is 0.124 e. The van der Waals surface area contributed by atoms with Gasteiger partial charge in [-0.3, -0.25) is 0 Å². The summed E-state index contributed by atoms with van der Waals surface area (Å²) in [6.07, 6.45) is 0. The van der Waals surface area contributed by atoms with Gasteiger partial charge in [-0.05, 0) is 12.1 Å². The van der Waals surface area contributed by atoms with Crippen molar-refractivity contribution in [3.8, 4) is 6.07 Å². The molecule has 0 atom stereocenters. The highest BCUT2D eigenvalue weighted by Crippen LogP contribution is 2.38. The number of hydrogen-bond acceptors (Lipinski definition) is 2. The second-order valence-corrected chi connectivity index (χ2v) is 4.31. The smallest absolute Gasteiger partial charge is 0.124 e. The molecule has 0 fully saturated rings. The van der Waals surface area contributed by atoms with Gasteiger partial charge in [0.1, 0.15) is 10.9 Å². The standard InChI is InChI=1S/C9H3Cl2NS/c10-5-2-1-3-6-8(5)9(11)7(4-12)13-6/h1-3H. The molecule has 0 saturated heterocycles. The Hall–Kier alpha value is -0.750. The summed E-state index contributed by atoms with van der Waals surface area (Å²) in [5, 5.41) is 10.6. The van der Waals surface area contributed by atoms with Gasteiger partial charge in [-0.15, -0.1) is 11.3 Å². The molecule has 1 aromatic carbocycles. The van der Waals surface area contributed by atoms with Crippen LogP contribution in [0.1, 0.15) is 4.88 Å². The molecule has 13 heavy (non-hydrogen) atoms. The predicted octanol–water partition coefficient (Wildman–Crippen LogP) is 4.08. The van der Waals surface area contributed by atoms with Crippen molar-refractivity contribution in [3.63, 3.8) is 0 Å². The molecule has 1 aromatic heterocycles. The van der Waals surface area contributed by atoms with Gasteiger partial charge in [-0.2, -0.15) is 5.26 Å². The first-order valence-electron chi connectivity index (χ1n) is 3.50. The zero-order valence-corrected chi connectivity index (χ0v) is 8.67. The number of fused-ring (bicyclic) bond motifs is 1. The van der Waals surface area contributed by atoms with Crippen LogP contribution in [-0.4, -0.2) is 0 Å². The molecule has 2 aromatic rings. The fourth-order valence-electron chi connectivity index (χ4n) is 1.14. The monoisotopic (exact) mass is 227 g/mol. The Morgan fingerprint density at radius 3 is 2.69 bits per heavy atom. The molecule has 0 aliphatic rings. The third-order valence-electron chi connectivity index (χ3n) is 1.71. The van der Waals surface area contributed by atoms with E-state index in [0.717, 1.165) is 10.1 Å². The minimum absolute atomic E-state index is 0.466. The summed E-state index contributed by atoms with van der Waals surface area (Å²) in [4.78, 5) is 0.518. The highest BCUT2D eigenvalue weighted by Gasteiger charge is 2.11. The molecule has 0 aliphatic carbocycles. The SMILES string of the molecule is N#Cc1sc2cccc(Cl)c2c1Cl. The van der Waals surface area contributed by atoms with Crippen LogP contribution in [0.5, 0.6) is 0 Å². The summed E-state index contributed by atoms with van der Waals surface area (Å²) in [6, 6.07) is 7.55. The summed E-state index contributed by atoms with van der Waals surface area (Å²) < 4.78 is 0.953. The predicted molar refractivity (Wildman–Crippen MR) is 56.6 cm³/mol. The van der Waals surface area contributed by atoms with E-state index in [-0.39, 0.29) is 0 Å². The van der Waals surface area contributed by atoms with Crippen molar-refractivity contribution >= 4 is 44.6 Å². The van der Waals surface area contributed by atoms with Crippen molar-refractivity contribution in [1.82, 2.24) is 0 Å². The quantitative estimate of drug-likeness (QED) is 0.666. The molecule has 0 bridgehead atoms. The first-order valence-corrected chi connectivity index (χ1v) is 5.08. The van der Waals surface area contributed by atoms with Crippen LogP contribution in [0.25, 0.3) is 10.1 Å². The summed E-state index contributed by atoms with van der Waals surface area (Å²) in [5.74, 6) is 0. The first-order chi connectivity index (χ1) is 6.24. The van der Waals surface area contributed by atoms with Crippen molar-refractivity contribution in [3.05, 3.63) is 33.1 Å². The topological polar surface area (TPSA) is 23.8 Å². The Kier molecular flexibility index (Phi) is 2.17. The third kappa shape index (κ3) is 1.30. The molecule has 0 saturated carbocycles. The highest BCUT2D eigenvalue weighted by molar-refractivity contribution is 7.20. The van der Waals surface area contributed by atoms with Gasteiger partial charge in [0.05, 0.1) is 10.0 Å². The van der Waals surface area contributed by atoms with Crippen LogP contribution >= 0.6 is 34.5 Å². The van der Waals surface area contributed by atoms with Crippen LogP contribution in [0.2, 0.25) is 10.0 Å². The Morgan fingerprint density at radius 2 is 2.08 bits per heavy atom. The molecule has 1 heterocycles. The molecular weight excluding hydrogens is 225 g/mol. The molecule has 2 rings (SSSR count). The number of nitrogens with zero attached hydrogens (tertiary/aromatic N) is 1. The summed E-state index contributed by atoms with van der Waals surface area (Å²) in [6.45, 7) is 0. The number of rotatable bonds is 0. The van der Waals surface area contributed by atoms with Gasteiger partial charge in [-0.1, -0.05) is 29.3 Å². The number of hydrogen-bond donors (Lipinski definition) is 0. The second kappa shape index (κ2) is 3.19. The van der Waals surface area contributed by atoms with Gasteiger partial charge >= 0.3 is 0 Å². The molecule has 0 N–H and O–H groups in total. The fourth-order valence-corrected chi connectivity index (χ4v) is 2.85. The summed E-state index contributed by atoms with van der Waals surface area (Å²) >= 11 is 13.3. The van der Waals surface area contributed by atoms with E-state index in [0.29, 0.717) is 14.9 Å². The lowest BCUT2D eigenvalue weighted by atomic mass is 10.2. The third-order valence-corrected chi connectivity index (χ3v) is 3.57. The maximum absolute atomic E-state index is 8.74.